The summed E-state index contributed by atoms with van der Waals surface area (Å²) in [5, 5.41) is 0. The molecule has 0 bridgehead atoms. The van der Waals surface area contributed by atoms with Crippen LogP contribution in [0.2, 0.25) is 0 Å². The quantitative estimate of drug-likeness (QED) is 0.521. The van der Waals surface area contributed by atoms with Crippen LogP contribution in [-0.4, -0.2) is 24.1 Å². The van der Waals surface area contributed by atoms with Crippen LogP contribution >= 0.6 is 0 Å². The van der Waals surface area contributed by atoms with Gasteiger partial charge < -0.3 is 9.47 Å². The lowest BCUT2D eigenvalue weighted by Gasteiger charge is -2.56. The predicted octanol–water partition coefficient (Wildman–Crippen LogP) is 4.67. The van der Waals surface area contributed by atoms with Crippen LogP contribution in [0.15, 0.2) is 11.6 Å². The summed E-state index contributed by atoms with van der Waals surface area (Å²) in [7, 11) is 0. The number of fused-ring (bicyclic) bond motifs is 5. The van der Waals surface area contributed by atoms with Crippen LogP contribution in [0.25, 0.3) is 0 Å². The van der Waals surface area contributed by atoms with Crippen LogP contribution < -0.4 is 0 Å². The number of hydrogen-bond acceptors (Lipinski definition) is 4. The van der Waals surface area contributed by atoms with Gasteiger partial charge in [-0.1, -0.05) is 19.4 Å². The Morgan fingerprint density at radius 3 is 2.48 bits per heavy atom. The molecule has 0 amide bonds. The largest absolute Gasteiger partial charge is 0.462 e. The second-order valence-corrected chi connectivity index (χ2v) is 9.82. The molecule has 0 saturated heterocycles. The summed E-state index contributed by atoms with van der Waals surface area (Å²) >= 11 is 0. The molecule has 150 valence electrons. The first-order valence-corrected chi connectivity index (χ1v) is 10.8. The highest BCUT2D eigenvalue weighted by Gasteiger charge is 2.58. The minimum atomic E-state index is -0.173. The Morgan fingerprint density at radius 2 is 1.78 bits per heavy atom. The van der Waals surface area contributed by atoms with Crippen LogP contribution in [0.4, 0.5) is 0 Å². The van der Waals surface area contributed by atoms with Crippen LogP contribution in [0, 0.1) is 35.0 Å². The lowest BCUT2D eigenvalue weighted by Crippen LogP contribution is -2.51. The average Bonchev–Trinajstić information content (AvgIpc) is 2.90. The van der Waals surface area contributed by atoms with E-state index in [2.05, 4.69) is 19.9 Å². The van der Waals surface area contributed by atoms with Crippen molar-refractivity contribution in [2.75, 3.05) is 0 Å². The summed E-state index contributed by atoms with van der Waals surface area (Å²) in [5.74, 6) is 3.15. The van der Waals surface area contributed by atoms with Gasteiger partial charge in [-0.05, 0) is 80.6 Å². The molecule has 27 heavy (non-hydrogen) atoms. The SMILES string of the molecule is CC(=O)O[C@H]1CC[C@H]2[C@H]3[C@H](CC[C@]12C)[C@H]1CC[C@@H](OC(C)=O)C=C1C[C@H]3C. The fourth-order valence-corrected chi connectivity index (χ4v) is 7.36. The van der Waals surface area contributed by atoms with Crippen LogP contribution in [0.3, 0.4) is 0 Å². The van der Waals surface area contributed by atoms with Gasteiger partial charge in [0.1, 0.15) is 12.2 Å². The first-order chi connectivity index (χ1) is 12.8. The van der Waals surface area contributed by atoms with Crippen molar-refractivity contribution in [3.63, 3.8) is 0 Å². The molecule has 4 nitrogen and oxygen atoms in total. The van der Waals surface area contributed by atoms with Crippen molar-refractivity contribution in [1.29, 1.82) is 0 Å². The van der Waals surface area contributed by atoms with E-state index in [0.29, 0.717) is 17.8 Å². The minimum absolute atomic E-state index is 0.0221. The van der Waals surface area contributed by atoms with E-state index in [4.69, 9.17) is 9.47 Å². The maximum atomic E-state index is 11.6. The van der Waals surface area contributed by atoms with Gasteiger partial charge in [0, 0.05) is 19.3 Å². The Bertz CT molecular complexity index is 653. The molecule has 4 rings (SSSR count). The van der Waals surface area contributed by atoms with E-state index in [1.54, 1.807) is 12.5 Å². The molecule has 0 N–H and O–H groups in total. The van der Waals surface area contributed by atoms with Crippen molar-refractivity contribution >= 4 is 11.9 Å². The Hall–Kier alpha value is -1.32. The van der Waals surface area contributed by atoms with E-state index >= 15 is 0 Å². The highest BCUT2D eigenvalue weighted by Crippen LogP contribution is 2.63. The van der Waals surface area contributed by atoms with Gasteiger partial charge in [-0.25, -0.2) is 0 Å². The third-order valence-corrected chi connectivity index (χ3v) is 8.29. The second kappa shape index (κ2) is 6.93. The molecule has 4 aliphatic rings. The van der Waals surface area contributed by atoms with E-state index in [0.717, 1.165) is 37.5 Å². The van der Waals surface area contributed by atoms with E-state index in [-0.39, 0.29) is 29.6 Å². The van der Waals surface area contributed by atoms with Gasteiger partial charge in [0.05, 0.1) is 0 Å². The van der Waals surface area contributed by atoms with Gasteiger partial charge in [-0.3, -0.25) is 9.59 Å². The van der Waals surface area contributed by atoms with Crippen LogP contribution in [-0.2, 0) is 19.1 Å². The molecule has 4 heteroatoms. The summed E-state index contributed by atoms with van der Waals surface area (Å²) in [6, 6.07) is 0. The molecule has 4 aliphatic carbocycles. The predicted molar refractivity (Wildman–Crippen MR) is 103 cm³/mol. The Labute approximate surface area is 163 Å². The van der Waals surface area contributed by atoms with Gasteiger partial charge in [0.25, 0.3) is 0 Å². The van der Waals surface area contributed by atoms with E-state index in [1.807, 2.05) is 0 Å². The molecule has 3 fully saturated rings. The second-order valence-electron chi connectivity index (χ2n) is 9.82. The highest BCUT2D eigenvalue weighted by atomic mass is 16.5. The van der Waals surface area contributed by atoms with Crippen molar-refractivity contribution in [3.05, 3.63) is 11.6 Å². The van der Waals surface area contributed by atoms with Crippen LogP contribution in [0.5, 0.6) is 0 Å². The average molecular weight is 375 g/mol. The zero-order valence-corrected chi connectivity index (χ0v) is 17.2. The van der Waals surface area contributed by atoms with Crippen molar-refractivity contribution in [2.45, 2.75) is 84.8 Å². The third-order valence-electron chi connectivity index (χ3n) is 8.29. The number of carbonyl (C=O) groups excluding carboxylic acids is 2. The lowest BCUT2D eigenvalue weighted by molar-refractivity contribution is -0.157. The molecule has 0 unspecified atom stereocenters. The maximum absolute atomic E-state index is 11.6. The number of rotatable bonds is 2. The molecule has 0 heterocycles. The first kappa shape index (κ1) is 19.0. The topological polar surface area (TPSA) is 52.6 Å². The zero-order valence-electron chi connectivity index (χ0n) is 17.2. The summed E-state index contributed by atoms with van der Waals surface area (Å²) in [6.45, 7) is 7.84. The first-order valence-electron chi connectivity index (χ1n) is 10.8. The third kappa shape index (κ3) is 3.23. The number of carbonyl (C=O) groups is 2. The highest BCUT2D eigenvalue weighted by molar-refractivity contribution is 5.66. The van der Waals surface area contributed by atoms with E-state index in [9.17, 15) is 9.59 Å². The smallest absolute Gasteiger partial charge is 0.303 e. The molecule has 0 aromatic carbocycles. The fourth-order valence-electron chi connectivity index (χ4n) is 7.36. The number of hydrogen-bond donors (Lipinski definition) is 0. The minimum Gasteiger partial charge on any atom is -0.462 e. The summed E-state index contributed by atoms with van der Waals surface area (Å²) < 4.78 is 11.2. The normalized spacial score (nSPS) is 45.8. The van der Waals surface area contributed by atoms with E-state index in [1.165, 1.54) is 26.2 Å². The summed E-state index contributed by atoms with van der Waals surface area (Å²) in [5.41, 5.74) is 1.69. The molecule has 0 radical (unpaired) electrons. The van der Waals surface area contributed by atoms with Crippen molar-refractivity contribution in [2.24, 2.45) is 35.0 Å². The molecule has 0 aromatic heterocycles. The van der Waals surface area contributed by atoms with Crippen LogP contribution in [0.1, 0.15) is 72.6 Å². The monoisotopic (exact) mass is 374 g/mol. The van der Waals surface area contributed by atoms with Gasteiger partial charge >= 0.3 is 11.9 Å². The molecular formula is C23H34O4. The Balaban J connectivity index is 1.56. The zero-order chi connectivity index (χ0) is 19.3. The van der Waals surface area contributed by atoms with Crippen molar-refractivity contribution in [3.8, 4) is 0 Å². The summed E-state index contributed by atoms with van der Waals surface area (Å²) in [6.07, 6.45) is 10.2. The van der Waals surface area contributed by atoms with Crippen molar-refractivity contribution < 1.29 is 19.1 Å². The van der Waals surface area contributed by atoms with Gasteiger partial charge in [0.2, 0.25) is 0 Å². The molecule has 3 saturated carbocycles. The summed E-state index contributed by atoms with van der Waals surface area (Å²) in [4.78, 5) is 22.9. The molecule has 0 aromatic rings. The number of esters is 2. The van der Waals surface area contributed by atoms with E-state index < -0.39 is 0 Å². The lowest BCUT2D eigenvalue weighted by atomic mass is 9.49. The molecule has 0 spiro atoms. The maximum Gasteiger partial charge on any atom is 0.303 e. The molecular weight excluding hydrogens is 340 g/mol. The van der Waals surface area contributed by atoms with Gasteiger partial charge in [-0.2, -0.15) is 0 Å². The molecule has 0 aliphatic heterocycles. The van der Waals surface area contributed by atoms with Gasteiger partial charge in [-0.15, -0.1) is 0 Å². The van der Waals surface area contributed by atoms with Gasteiger partial charge in [0.15, 0.2) is 0 Å². The number of allylic oxidation sites excluding steroid dienone is 1. The van der Waals surface area contributed by atoms with Crippen molar-refractivity contribution in [1.82, 2.24) is 0 Å². The Morgan fingerprint density at radius 1 is 1.04 bits per heavy atom. The number of ether oxygens (including phenoxy) is 2. The Kier molecular flexibility index (Phi) is 4.88. The molecule has 8 atom stereocenters. The fraction of sp³-hybridized carbons (Fsp3) is 0.826. The standard InChI is InChI=1S/C23H34O4/c1-13-11-16-12-17(26-14(2)24)5-6-18(16)19-9-10-23(4)20(22(13)19)7-8-21(23)27-15(3)25/h12-13,17-22H,5-11H2,1-4H3/t13-,17-,18+,19-,20+,21+,22-,23+/m1/s1.